The van der Waals surface area contributed by atoms with Crippen LogP contribution >= 0.6 is 0 Å². The fourth-order valence-electron chi connectivity index (χ4n) is 4.08. The molecule has 5 aromatic carbocycles. The number of nitrogens with zero attached hydrogens (tertiary/aromatic N) is 7. The number of hydrogen-bond acceptors (Lipinski definition) is 8. The van der Waals surface area contributed by atoms with E-state index in [4.69, 9.17) is 0 Å². The maximum atomic E-state index is 10.4. The van der Waals surface area contributed by atoms with Crippen molar-refractivity contribution < 1.29 is 5.11 Å². The number of azo groups is 3. The lowest BCUT2D eigenvalue weighted by atomic mass is 10.1. The van der Waals surface area contributed by atoms with Crippen LogP contribution in [0, 0.1) is 13.8 Å². The fraction of sp³-hybridized carbons (Fsp3) is 0.125. The zero-order chi connectivity index (χ0) is 28.1. The Bertz CT molecular complexity index is 1740. The van der Waals surface area contributed by atoms with Crippen molar-refractivity contribution in [2.75, 3.05) is 19.0 Å². The third kappa shape index (κ3) is 6.07. The quantitative estimate of drug-likeness (QED) is 0.213. The number of rotatable bonds is 7. The normalized spacial score (nSPS) is 11.8. The van der Waals surface area contributed by atoms with Gasteiger partial charge in [-0.15, -0.1) is 5.11 Å². The number of anilines is 1. The Balaban J connectivity index is 1.29. The Morgan fingerprint density at radius 1 is 0.550 bits per heavy atom. The summed E-state index contributed by atoms with van der Waals surface area (Å²) >= 11 is 0. The molecule has 0 atom stereocenters. The molecule has 0 aliphatic carbocycles. The Kier molecular flexibility index (Phi) is 7.68. The molecule has 0 saturated heterocycles. The summed E-state index contributed by atoms with van der Waals surface area (Å²) in [6.45, 7) is 3.90. The van der Waals surface area contributed by atoms with Crippen LogP contribution < -0.4 is 4.90 Å². The van der Waals surface area contributed by atoms with Gasteiger partial charge in [-0.25, -0.2) is 0 Å². The summed E-state index contributed by atoms with van der Waals surface area (Å²) in [7, 11) is 4.00. The summed E-state index contributed by atoms with van der Waals surface area (Å²) in [6, 6.07) is 30.4. The summed E-state index contributed by atoms with van der Waals surface area (Å²) in [5.41, 5.74) is 7.05. The Labute approximate surface area is 233 Å². The van der Waals surface area contributed by atoms with Gasteiger partial charge in [0.05, 0.1) is 28.4 Å². The number of aromatic hydroxyl groups is 1. The smallest absolute Gasteiger partial charge is 0.143 e. The monoisotopic (exact) mass is 527 g/mol. The van der Waals surface area contributed by atoms with Gasteiger partial charge in [0.1, 0.15) is 11.4 Å². The van der Waals surface area contributed by atoms with E-state index in [-0.39, 0.29) is 5.75 Å². The van der Waals surface area contributed by atoms with E-state index >= 15 is 0 Å². The van der Waals surface area contributed by atoms with Crippen LogP contribution in [-0.2, 0) is 0 Å². The minimum atomic E-state index is 0.0911. The van der Waals surface area contributed by atoms with Crippen LogP contribution in [0.5, 0.6) is 5.75 Å². The third-order valence-corrected chi connectivity index (χ3v) is 6.42. The topological polar surface area (TPSA) is 97.6 Å². The van der Waals surface area contributed by atoms with Crippen LogP contribution in [-0.4, -0.2) is 19.2 Å². The first-order chi connectivity index (χ1) is 19.4. The minimum absolute atomic E-state index is 0.0911. The van der Waals surface area contributed by atoms with E-state index in [9.17, 15) is 5.11 Å². The minimum Gasteiger partial charge on any atom is -0.506 e. The highest BCUT2D eigenvalue weighted by atomic mass is 16.3. The summed E-state index contributed by atoms with van der Waals surface area (Å²) in [4.78, 5) is 2.04. The van der Waals surface area contributed by atoms with Crippen molar-refractivity contribution in [3.8, 4) is 5.75 Å². The molecule has 0 saturated carbocycles. The molecule has 1 N–H and O–H groups in total. The molecule has 0 bridgehead atoms. The molecule has 8 nitrogen and oxygen atoms in total. The van der Waals surface area contributed by atoms with E-state index in [1.54, 1.807) is 6.07 Å². The maximum Gasteiger partial charge on any atom is 0.143 e. The Morgan fingerprint density at radius 3 is 1.62 bits per heavy atom. The van der Waals surface area contributed by atoms with E-state index in [0.29, 0.717) is 17.1 Å². The van der Waals surface area contributed by atoms with Crippen molar-refractivity contribution in [3.05, 3.63) is 108 Å². The van der Waals surface area contributed by atoms with Gasteiger partial charge in [0, 0.05) is 25.2 Å². The summed E-state index contributed by atoms with van der Waals surface area (Å²) < 4.78 is 0. The molecule has 0 unspecified atom stereocenters. The highest BCUT2D eigenvalue weighted by Gasteiger charge is 2.08. The van der Waals surface area contributed by atoms with E-state index in [2.05, 4.69) is 30.7 Å². The van der Waals surface area contributed by atoms with Crippen LogP contribution in [0.2, 0.25) is 0 Å². The Hall–Kier alpha value is -5.24. The van der Waals surface area contributed by atoms with Crippen molar-refractivity contribution in [1.29, 1.82) is 0 Å². The third-order valence-electron chi connectivity index (χ3n) is 6.42. The van der Waals surface area contributed by atoms with Gasteiger partial charge in [0.2, 0.25) is 0 Å². The second kappa shape index (κ2) is 11.7. The molecule has 0 amide bonds. The molecule has 0 spiro atoms. The van der Waals surface area contributed by atoms with E-state index < -0.39 is 0 Å². The zero-order valence-corrected chi connectivity index (χ0v) is 22.8. The molecular formula is C32H29N7O. The second-order valence-corrected chi connectivity index (χ2v) is 9.61. The number of phenolic OH excluding ortho intramolecular Hbond substituents is 1. The molecule has 5 aromatic rings. The van der Waals surface area contributed by atoms with Crippen molar-refractivity contribution in [2.45, 2.75) is 13.8 Å². The largest absolute Gasteiger partial charge is 0.506 e. The molecule has 8 heteroatoms. The van der Waals surface area contributed by atoms with E-state index in [1.807, 2.05) is 124 Å². The van der Waals surface area contributed by atoms with E-state index in [0.717, 1.165) is 44.6 Å². The van der Waals surface area contributed by atoms with Gasteiger partial charge in [0.25, 0.3) is 0 Å². The number of phenols is 1. The van der Waals surface area contributed by atoms with Crippen molar-refractivity contribution in [2.24, 2.45) is 30.7 Å². The van der Waals surface area contributed by atoms with Crippen molar-refractivity contribution in [1.82, 2.24) is 0 Å². The van der Waals surface area contributed by atoms with Crippen LogP contribution in [0.3, 0.4) is 0 Å². The van der Waals surface area contributed by atoms with Crippen LogP contribution in [0.1, 0.15) is 11.1 Å². The van der Waals surface area contributed by atoms with Gasteiger partial charge in [0.15, 0.2) is 0 Å². The van der Waals surface area contributed by atoms with Gasteiger partial charge in [-0.1, -0.05) is 30.3 Å². The number of aryl methyl sites for hydroxylation is 2. The fourth-order valence-corrected chi connectivity index (χ4v) is 4.08. The highest BCUT2D eigenvalue weighted by Crippen LogP contribution is 2.37. The van der Waals surface area contributed by atoms with Gasteiger partial charge in [-0.2, -0.15) is 25.6 Å². The predicted octanol–water partition coefficient (Wildman–Crippen LogP) is 10.5. The molecule has 40 heavy (non-hydrogen) atoms. The molecule has 0 aliphatic rings. The lowest BCUT2D eigenvalue weighted by Crippen LogP contribution is -2.07. The van der Waals surface area contributed by atoms with Gasteiger partial charge < -0.3 is 10.0 Å². The van der Waals surface area contributed by atoms with Gasteiger partial charge in [-0.05, 0) is 97.1 Å². The average Bonchev–Trinajstić information content (AvgIpc) is 2.97. The molecule has 0 radical (unpaired) electrons. The maximum absolute atomic E-state index is 10.4. The molecular weight excluding hydrogens is 498 g/mol. The molecule has 0 heterocycles. The van der Waals surface area contributed by atoms with Crippen LogP contribution in [0.15, 0.2) is 128 Å². The first kappa shape index (κ1) is 26.4. The molecule has 0 aromatic heterocycles. The van der Waals surface area contributed by atoms with Crippen LogP contribution in [0.25, 0.3) is 10.8 Å². The molecule has 0 fully saturated rings. The summed E-state index contributed by atoms with van der Waals surface area (Å²) in [5.74, 6) is 0.0911. The van der Waals surface area contributed by atoms with Crippen molar-refractivity contribution >= 4 is 50.6 Å². The number of benzene rings is 5. The predicted molar refractivity (Wildman–Crippen MR) is 161 cm³/mol. The summed E-state index contributed by atoms with van der Waals surface area (Å²) in [6.07, 6.45) is 0. The summed E-state index contributed by atoms with van der Waals surface area (Å²) in [5, 5.41) is 38.5. The second-order valence-electron chi connectivity index (χ2n) is 9.61. The lowest BCUT2D eigenvalue weighted by Gasteiger charge is -2.11. The van der Waals surface area contributed by atoms with Gasteiger partial charge in [-0.3, -0.25) is 0 Å². The first-order valence-corrected chi connectivity index (χ1v) is 12.8. The SMILES string of the molecule is Cc1cc(/N=N/c2c(O)ccc3ccccc23)c(C)cc1/N=N/c1ccc(/N=N/c2ccc(N(C)C)cc2)cc1. The Morgan fingerprint density at radius 2 is 1.05 bits per heavy atom. The van der Waals surface area contributed by atoms with Crippen LogP contribution in [0.4, 0.5) is 39.8 Å². The standard InChI is InChI=1S/C32H29N7O/c1-21-20-30(37-38-32-28-8-6-5-7-23(28)9-18-31(32)40)22(2)19-29(21)36-35-25-12-10-24(11-13-25)33-34-26-14-16-27(17-15-26)39(3)4/h5-20,40H,1-4H3/b34-33+,36-35+,38-37+. The first-order valence-electron chi connectivity index (χ1n) is 12.8. The molecule has 198 valence electrons. The highest BCUT2D eigenvalue weighted by molar-refractivity contribution is 5.95. The number of hydrogen-bond donors (Lipinski definition) is 1. The average molecular weight is 528 g/mol. The lowest BCUT2D eigenvalue weighted by molar-refractivity contribution is 0.477. The van der Waals surface area contributed by atoms with E-state index in [1.165, 1.54) is 0 Å². The number of fused-ring (bicyclic) bond motifs is 1. The van der Waals surface area contributed by atoms with Gasteiger partial charge >= 0.3 is 0 Å². The molecule has 5 rings (SSSR count). The molecule has 0 aliphatic heterocycles. The zero-order valence-electron chi connectivity index (χ0n) is 22.8. The van der Waals surface area contributed by atoms with Crippen molar-refractivity contribution in [3.63, 3.8) is 0 Å².